The fourth-order valence-corrected chi connectivity index (χ4v) is 4.21. The van der Waals surface area contributed by atoms with E-state index in [0.29, 0.717) is 28.5 Å². The lowest BCUT2D eigenvalue weighted by atomic mass is 10.1. The van der Waals surface area contributed by atoms with Crippen molar-refractivity contribution in [1.29, 1.82) is 0 Å². The van der Waals surface area contributed by atoms with E-state index in [4.69, 9.17) is 0 Å². The predicted molar refractivity (Wildman–Crippen MR) is 116 cm³/mol. The van der Waals surface area contributed by atoms with Crippen molar-refractivity contribution in [3.63, 3.8) is 0 Å². The maximum absolute atomic E-state index is 13.1. The molecule has 0 saturated carbocycles. The standard InChI is InChI=1S/C23H20F2N4OS/c1-14-21(22(30)26-12-16-5-10-19(25)11-6-16)31-23(28-14)20-17(13-27-29-20)7-2-15-3-8-18(24)9-4-15/h3-6,8-11,13H,2,7,12H2,1H3,(H,26,30)(H,27,29). The highest BCUT2D eigenvalue weighted by atomic mass is 32.1. The zero-order chi connectivity index (χ0) is 21.8. The third kappa shape index (κ3) is 5.03. The zero-order valence-corrected chi connectivity index (χ0v) is 17.6. The number of carbonyl (C=O) groups excluding carboxylic acids is 1. The van der Waals surface area contributed by atoms with E-state index in [2.05, 4.69) is 20.5 Å². The number of hydrogen-bond donors (Lipinski definition) is 2. The number of hydrogen-bond acceptors (Lipinski definition) is 4. The molecule has 4 rings (SSSR count). The molecule has 0 spiro atoms. The second-order valence-corrected chi connectivity index (χ2v) is 8.14. The van der Waals surface area contributed by atoms with Gasteiger partial charge in [0.1, 0.15) is 21.5 Å². The molecule has 1 amide bonds. The lowest BCUT2D eigenvalue weighted by molar-refractivity contribution is 0.0954. The summed E-state index contributed by atoms with van der Waals surface area (Å²) >= 11 is 1.30. The fourth-order valence-electron chi connectivity index (χ4n) is 3.19. The summed E-state index contributed by atoms with van der Waals surface area (Å²) in [6.45, 7) is 2.10. The quantitative estimate of drug-likeness (QED) is 0.434. The number of rotatable bonds is 7. The molecule has 2 aromatic heterocycles. The van der Waals surface area contributed by atoms with Crippen LogP contribution in [0.15, 0.2) is 54.7 Å². The molecular formula is C23H20F2N4OS. The summed E-state index contributed by atoms with van der Waals surface area (Å²) in [7, 11) is 0. The van der Waals surface area contributed by atoms with Crippen LogP contribution in [0.2, 0.25) is 0 Å². The van der Waals surface area contributed by atoms with Gasteiger partial charge in [0.05, 0.1) is 17.6 Å². The minimum absolute atomic E-state index is 0.224. The second-order valence-electron chi connectivity index (χ2n) is 7.14. The summed E-state index contributed by atoms with van der Waals surface area (Å²) in [4.78, 5) is 17.7. The van der Waals surface area contributed by atoms with Crippen LogP contribution in [0.1, 0.15) is 32.1 Å². The van der Waals surface area contributed by atoms with Crippen molar-refractivity contribution in [2.45, 2.75) is 26.3 Å². The van der Waals surface area contributed by atoms with Gasteiger partial charge in [0, 0.05) is 12.1 Å². The van der Waals surface area contributed by atoms with Gasteiger partial charge in [-0.3, -0.25) is 9.89 Å². The van der Waals surface area contributed by atoms with Crippen molar-refractivity contribution in [3.8, 4) is 10.7 Å². The predicted octanol–water partition coefficient (Wildman–Crippen LogP) is 4.84. The van der Waals surface area contributed by atoms with E-state index in [1.165, 1.54) is 35.6 Å². The van der Waals surface area contributed by atoms with Crippen molar-refractivity contribution in [2.75, 3.05) is 0 Å². The molecule has 158 valence electrons. The summed E-state index contributed by atoms with van der Waals surface area (Å²) in [5.41, 5.74) is 4.25. The largest absolute Gasteiger partial charge is 0.347 e. The Morgan fingerprint density at radius 1 is 1.00 bits per heavy atom. The minimum Gasteiger partial charge on any atom is -0.347 e. The van der Waals surface area contributed by atoms with Crippen LogP contribution >= 0.6 is 11.3 Å². The van der Waals surface area contributed by atoms with Crippen molar-refractivity contribution < 1.29 is 13.6 Å². The second kappa shape index (κ2) is 9.18. The number of nitrogens with zero attached hydrogens (tertiary/aromatic N) is 2. The third-order valence-electron chi connectivity index (χ3n) is 4.90. The van der Waals surface area contributed by atoms with Gasteiger partial charge in [0.15, 0.2) is 0 Å². The molecule has 0 atom stereocenters. The van der Waals surface area contributed by atoms with Gasteiger partial charge >= 0.3 is 0 Å². The van der Waals surface area contributed by atoms with Crippen LogP contribution in [-0.2, 0) is 19.4 Å². The smallest absolute Gasteiger partial charge is 0.263 e. The topological polar surface area (TPSA) is 70.7 Å². The van der Waals surface area contributed by atoms with Crippen LogP contribution in [-0.4, -0.2) is 21.1 Å². The Hall–Kier alpha value is -3.39. The van der Waals surface area contributed by atoms with E-state index in [0.717, 1.165) is 28.8 Å². The van der Waals surface area contributed by atoms with Crippen LogP contribution in [0.25, 0.3) is 10.7 Å². The Bertz CT molecular complexity index is 1180. The number of aromatic amines is 1. The molecule has 2 N–H and O–H groups in total. The van der Waals surface area contributed by atoms with Gasteiger partial charge in [0.25, 0.3) is 5.91 Å². The van der Waals surface area contributed by atoms with E-state index in [9.17, 15) is 13.6 Å². The van der Waals surface area contributed by atoms with Gasteiger partial charge in [-0.05, 0) is 55.2 Å². The van der Waals surface area contributed by atoms with Gasteiger partial charge in [-0.25, -0.2) is 13.8 Å². The van der Waals surface area contributed by atoms with Crippen LogP contribution in [0.5, 0.6) is 0 Å². The Kier molecular flexibility index (Phi) is 6.18. The lowest BCUT2D eigenvalue weighted by Crippen LogP contribution is -2.22. The fraction of sp³-hybridized carbons (Fsp3) is 0.174. The first kappa shape index (κ1) is 20.9. The summed E-state index contributed by atoms with van der Waals surface area (Å²) < 4.78 is 26.1. The first-order chi connectivity index (χ1) is 15.0. The molecule has 0 aliphatic heterocycles. The highest BCUT2D eigenvalue weighted by molar-refractivity contribution is 7.17. The molecule has 5 nitrogen and oxygen atoms in total. The number of aromatic nitrogens is 3. The molecule has 0 saturated heterocycles. The monoisotopic (exact) mass is 438 g/mol. The minimum atomic E-state index is -0.312. The summed E-state index contributed by atoms with van der Waals surface area (Å²) in [6, 6.07) is 12.4. The first-order valence-corrected chi connectivity index (χ1v) is 10.6. The Morgan fingerprint density at radius 3 is 2.32 bits per heavy atom. The molecule has 0 aliphatic rings. The zero-order valence-electron chi connectivity index (χ0n) is 16.8. The first-order valence-electron chi connectivity index (χ1n) is 9.76. The van der Waals surface area contributed by atoms with Gasteiger partial charge in [-0.1, -0.05) is 24.3 Å². The number of carbonyl (C=O) groups is 1. The Balaban J connectivity index is 1.44. The SMILES string of the molecule is Cc1nc(-c2[nH]ncc2CCc2ccc(F)cc2)sc1C(=O)NCc1ccc(F)cc1. The Labute approximate surface area is 182 Å². The number of H-pyrrole nitrogens is 1. The Morgan fingerprint density at radius 2 is 1.65 bits per heavy atom. The number of halogens is 2. The summed E-state index contributed by atoms with van der Waals surface area (Å²) in [5, 5.41) is 10.7. The van der Waals surface area contributed by atoms with E-state index in [1.54, 1.807) is 37.4 Å². The number of nitrogens with one attached hydrogen (secondary N) is 2. The summed E-state index contributed by atoms with van der Waals surface area (Å²) in [5.74, 6) is -0.790. The van der Waals surface area contributed by atoms with E-state index in [1.807, 2.05) is 0 Å². The normalized spacial score (nSPS) is 10.9. The van der Waals surface area contributed by atoms with Gasteiger partial charge in [-0.15, -0.1) is 11.3 Å². The van der Waals surface area contributed by atoms with Crippen LogP contribution < -0.4 is 5.32 Å². The molecule has 0 fully saturated rings. The lowest BCUT2D eigenvalue weighted by Gasteiger charge is -2.04. The van der Waals surface area contributed by atoms with Crippen molar-refractivity contribution in [3.05, 3.63) is 93.6 Å². The molecule has 0 bridgehead atoms. The van der Waals surface area contributed by atoms with E-state index >= 15 is 0 Å². The van der Waals surface area contributed by atoms with Crippen LogP contribution in [0.3, 0.4) is 0 Å². The average Bonchev–Trinajstić information content (AvgIpc) is 3.39. The van der Waals surface area contributed by atoms with Gasteiger partial charge < -0.3 is 5.32 Å². The van der Waals surface area contributed by atoms with E-state index < -0.39 is 0 Å². The number of benzene rings is 2. The highest BCUT2D eigenvalue weighted by Gasteiger charge is 2.19. The molecule has 0 unspecified atom stereocenters. The van der Waals surface area contributed by atoms with Crippen molar-refractivity contribution in [2.24, 2.45) is 0 Å². The molecule has 2 heterocycles. The van der Waals surface area contributed by atoms with Crippen molar-refractivity contribution >= 4 is 17.2 Å². The molecule has 2 aromatic carbocycles. The molecule has 8 heteroatoms. The molecule has 4 aromatic rings. The van der Waals surface area contributed by atoms with Crippen LogP contribution in [0, 0.1) is 18.6 Å². The van der Waals surface area contributed by atoms with Crippen molar-refractivity contribution in [1.82, 2.24) is 20.5 Å². The molecule has 0 aliphatic carbocycles. The van der Waals surface area contributed by atoms with Gasteiger partial charge in [0.2, 0.25) is 0 Å². The van der Waals surface area contributed by atoms with E-state index in [-0.39, 0.29) is 17.5 Å². The number of amides is 1. The highest BCUT2D eigenvalue weighted by Crippen LogP contribution is 2.29. The number of aryl methyl sites for hydroxylation is 3. The molecular weight excluding hydrogens is 418 g/mol. The average molecular weight is 439 g/mol. The molecule has 0 radical (unpaired) electrons. The van der Waals surface area contributed by atoms with Crippen LogP contribution in [0.4, 0.5) is 8.78 Å². The maximum Gasteiger partial charge on any atom is 0.263 e. The summed E-state index contributed by atoms with van der Waals surface area (Å²) in [6.07, 6.45) is 3.20. The third-order valence-corrected chi connectivity index (χ3v) is 6.07. The van der Waals surface area contributed by atoms with Gasteiger partial charge in [-0.2, -0.15) is 5.10 Å². The number of thiazole rings is 1. The molecule has 31 heavy (non-hydrogen) atoms. The maximum atomic E-state index is 13.1.